The number of aliphatic hydroxyl groups is 1. The Labute approximate surface area is 109 Å². The maximum absolute atomic E-state index is 13.7. The van der Waals surface area contributed by atoms with Crippen LogP contribution in [-0.2, 0) is 9.53 Å². The first-order valence-corrected chi connectivity index (χ1v) is 6.29. The van der Waals surface area contributed by atoms with Gasteiger partial charge in [-0.1, -0.05) is 6.58 Å². The Morgan fingerprint density at radius 1 is 1.42 bits per heavy atom. The van der Waals surface area contributed by atoms with Gasteiger partial charge in [0.15, 0.2) is 0 Å². The summed E-state index contributed by atoms with van der Waals surface area (Å²) < 4.78 is 45.4. The van der Waals surface area contributed by atoms with Gasteiger partial charge >= 0.3 is 11.9 Å². The first-order valence-electron chi connectivity index (χ1n) is 6.29. The molecule has 0 aromatic heterocycles. The van der Waals surface area contributed by atoms with Gasteiger partial charge in [0, 0.05) is 17.4 Å². The van der Waals surface area contributed by atoms with E-state index in [2.05, 4.69) is 6.58 Å². The Kier molecular flexibility index (Phi) is 3.41. The molecule has 0 aliphatic heterocycles. The molecule has 2 rings (SSSR count). The van der Waals surface area contributed by atoms with Gasteiger partial charge in [-0.2, -0.15) is 8.78 Å². The highest BCUT2D eigenvalue weighted by molar-refractivity contribution is 5.86. The van der Waals surface area contributed by atoms with E-state index in [-0.39, 0.29) is 37.4 Å². The summed E-state index contributed by atoms with van der Waals surface area (Å²) in [5, 5.41) is 9.34. The lowest BCUT2D eigenvalue weighted by atomic mass is 9.81. The minimum Gasteiger partial charge on any atom is -0.462 e. The molecule has 0 amide bonds. The summed E-state index contributed by atoms with van der Waals surface area (Å²) in [6, 6.07) is 0. The molecule has 2 aliphatic rings. The summed E-state index contributed by atoms with van der Waals surface area (Å²) in [5.74, 6) is -10.2. The van der Waals surface area contributed by atoms with Crippen molar-refractivity contribution in [2.75, 3.05) is 6.61 Å². The van der Waals surface area contributed by atoms with E-state index in [1.54, 1.807) is 0 Å². The highest BCUT2D eigenvalue weighted by atomic mass is 19.3. The SMILES string of the molecule is C=C(C)C(=O)OCCC1CC2CC1C(O)(F)C2(F)F. The molecule has 108 valence electrons. The Morgan fingerprint density at radius 3 is 2.53 bits per heavy atom. The van der Waals surface area contributed by atoms with Crippen LogP contribution in [0.3, 0.4) is 0 Å². The normalized spacial score (nSPS) is 39.3. The molecule has 2 aliphatic carbocycles. The van der Waals surface area contributed by atoms with Crippen LogP contribution in [0.1, 0.15) is 26.2 Å². The number of halogens is 3. The van der Waals surface area contributed by atoms with Gasteiger partial charge in [-0.3, -0.25) is 0 Å². The minimum atomic E-state index is -3.66. The Bertz CT molecular complexity index is 406. The number of hydrogen-bond donors (Lipinski definition) is 1. The maximum Gasteiger partial charge on any atom is 0.333 e. The van der Waals surface area contributed by atoms with Crippen LogP contribution in [0.25, 0.3) is 0 Å². The first-order chi connectivity index (χ1) is 8.68. The number of fused-ring (bicyclic) bond motifs is 2. The van der Waals surface area contributed by atoms with Gasteiger partial charge in [-0.25, -0.2) is 9.18 Å². The van der Waals surface area contributed by atoms with E-state index in [1.165, 1.54) is 6.92 Å². The van der Waals surface area contributed by atoms with E-state index in [0.717, 1.165) is 0 Å². The molecule has 0 aromatic carbocycles. The molecule has 3 nitrogen and oxygen atoms in total. The van der Waals surface area contributed by atoms with Crippen LogP contribution >= 0.6 is 0 Å². The van der Waals surface area contributed by atoms with Crippen LogP contribution < -0.4 is 0 Å². The average Bonchev–Trinajstić information content (AvgIpc) is 2.78. The molecule has 2 fully saturated rings. The van der Waals surface area contributed by atoms with E-state index in [4.69, 9.17) is 4.74 Å². The topological polar surface area (TPSA) is 46.5 Å². The summed E-state index contributed by atoms with van der Waals surface area (Å²) in [4.78, 5) is 11.1. The molecular weight excluding hydrogens is 261 g/mol. The average molecular weight is 278 g/mol. The van der Waals surface area contributed by atoms with Crippen molar-refractivity contribution < 1.29 is 27.8 Å². The van der Waals surface area contributed by atoms with Crippen LogP contribution in [0, 0.1) is 17.8 Å². The van der Waals surface area contributed by atoms with Crippen molar-refractivity contribution in [1.82, 2.24) is 0 Å². The van der Waals surface area contributed by atoms with Gasteiger partial charge in [-0.15, -0.1) is 0 Å². The lowest BCUT2D eigenvalue weighted by molar-refractivity contribution is -0.285. The molecule has 0 heterocycles. The zero-order valence-corrected chi connectivity index (χ0v) is 10.7. The number of esters is 1. The van der Waals surface area contributed by atoms with Gasteiger partial charge in [0.25, 0.3) is 5.85 Å². The van der Waals surface area contributed by atoms with E-state index in [0.29, 0.717) is 0 Å². The molecule has 19 heavy (non-hydrogen) atoms. The molecule has 0 saturated heterocycles. The lowest BCUT2D eigenvalue weighted by Gasteiger charge is -2.36. The van der Waals surface area contributed by atoms with E-state index >= 15 is 0 Å². The van der Waals surface area contributed by atoms with Crippen LogP contribution in [0.2, 0.25) is 0 Å². The van der Waals surface area contributed by atoms with Crippen molar-refractivity contribution in [2.24, 2.45) is 17.8 Å². The third-order valence-corrected chi connectivity index (χ3v) is 4.24. The summed E-state index contributed by atoms with van der Waals surface area (Å²) in [7, 11) is 0. The number of carbonyl (C=O) groups excluding carboxylic acids is 1. The lowest BCUT2D eigenvalue weighted by Crippen LogP contribution is -2.51. The predicted octanol–water partition coefficient (Wildman–Crippen LogP) is 2.45. The van der Waals surface area contributed by atoms with Crippen molar-refractivity contribution in [2.45, 2.75) is 38.0 Å². The molecule has 1 N–H and O–H groups in total. The third kappa shape index (κ3) is 2.16. The number of alkyl halides is 3. The summed E-state index contributed by atoms with van der Waals surface area (Å²) in [5.41, 5.74) is 0.251. The number of rotatable bonds is 4. The van der Waals surface area contributed by atoms with Gasteiger partial charge < -0.3 is 9.84 Å². The summed E-state index contributed by atoms with van der Waals surface area (Å²) in [6.45, 7) is 4.94. The fourth-order valence-corrected chi connectivity index (χ4v) is 3.17. The van der Waals surface area contributed by atoms with Crippen LogP contribution in [0.15, 0.2) is 12.2 Å². The monoisotopic (exact) mass is 278 g/mol. The molecule has 4 atom stereocenters. The molecular formula is C13H17F3O3. The Morgan fingerprint density at radius 2 is 2.05 bits per heavy atom. The predicted molar refractivity (Wildman–Crippen MR) is 61.1 cm³/mol. The van der Waals surface area contributed by atoms with Crippen molar-refractivity contribution in [3.05, 3.63) is 12.2 Å². The molecule has 4 unspecified atom stereocenters. The maximum atomic E-state index is 13.7. The standard InChI is InChI=1S/C13H17F3O3/c1-7(2)11(17)19-4-3-8-5-9-6-10(8)13(16,18)12(9,14)15/h8-10,18H,1,3-6H2,2H3. The van der Waals surface area contributed by atoms with E-state index in [9.17, 15) is 23.1 Å². The summed E-state index contributed by atoms with van der Waals surface area (Å²) in [6.07, 6.45) is 0.427. The van der Waals surface area contributed by atoms with Crippen LogP contribution in [0.4, 0.5) is 13.2 Å². The second-order valence-corrected chi connectivity index (χ2v) is 5.54. The second kappa shape index (κ2) is 4.51. The number of ether oxygens (including phenoxy) is 1. The zero-order chi connectivity index (χ0) is 14.4. The molecule has 0 radical (unpaired) electrons. The second-order valence-electron chi connectivity index (χ2n) is 5.54. The molecule has 6 heteroatoms. The Balaban J connectivity index is 1.89. The zero-order valence-electron chi connectivity index (χ0n) is 10.7. The molecule has 2 bridgehead atoms. The highest BCUT2D eigenvalue weighted by Gasteiger charge is 2.73. The quantitative estimate of drug-likeness (QED) is 0.634. The highest BCUT2D eigenvalue weighted by Crippen LogP contribution is 2.63. The van der Waals surface area contributed by atoms with E-state index in [1.807, 2.05) is 0 Å². The molecule has 2 saturated carbocycles. The molecule has 0 aromatic rings. The largest absolute Gasteiger partial charge is 0.462 e. The minimum absolute atomic E-state index is 0.0148. The Hall–Kier alpha value is -1.04. The van der Waals surface area contributed by atoms with Crippen molar-refractivity contribution >= 4 is 5.97 Å². The molecule has 0 spiro atoms. The van der Waals surface area contributed by atoms with Gasteiger partial charge in [-0.05, 0) is 32.1 Å². The van der Waals surface area contributed by atoms with Crippen molar-refractivity contribution in [3.8, 4) is 0 Å². The van der Waals surface area contributed by atoms with E-state index < -0.39 is 29.6 Å². The van der Waals surface area contributed by atoms with Crippen LogP contribution in [-0.4, -0.2) is 29.5 Å². The smallest absolute Gasteiger partial charge is 0.333 e. The number of hydrogen-bond acceptors (Lipinski definition) is 3. The third-order valence-electron chi connectivity index (χ3n) is 4.24. The van der Waals surface area contributed by atoms with Gasteiger partial charge in [0.05, 0.1) is 6.61 Å². The van der Waals surface area contributed by atoms with Gasteiger partial charge in [0.1, 0.15) is 0 Å². The summed E-state index contributed by atoms with van der Waals surface area (Å²) >= 11 is 0. The fourth-order valence-electron chi connectivity index (χ4n) is 3.17. The van der Waals surface area contributed by atoms with Crippen LogP contribution in [0.5, 0.6) is 0 Å². The number of carbonyl (C=O) groups is 1. The van der Waals surface area contributed by atoms with Crippen molar-refractivity contribution in [3.63, 3.8) is 0 Å². The first kappa shape index (κ1) is 14.4. The van der Waals surface area contributed by atoms with Crippen molar-refractivity contribution in [1.29, 1.82) is 0 Å². The van der Waals surface area contributed by atoms with Gasteiger partial charge in [0.2, 0.25) is 0 Å². The fraction of sp³-hybridized carbons (Fsp3) is 0.769.